The van der Waals surface area contributed by atoms with Crippen LogP contribution in [0.4, 0.5) is 11.6 Å². The van der Waals surface area contributed by atoms with Crippen molar-refractivity contribution < 1.29 is 14.1 Å². The van der Waals surface area contributed by atoms with Crippen molar-refractivity contribution in [3.8, 4) is 28.5 Å². The van der Waals surface area contributed by atoms with Crippen LogP contribution in [0.5, 0.6) is 0 Å². The second kappa shape index (κ2) is 9.45. The predicted molar refractivity (Wildman–Crippen MR) is 125 cm³/mol. The maximum Gasteiger partial charge on any atom is 0.270 e. The molecule has 1 N–H and O–H groups in total. The highest BCUT2D eigenvalue weighted by molar-refractivity contribution is 6.03. The fourth-order valence-electron chi connectivity index (χ4n) is 3.37. The van der Waals surface area contributed by atoms with Gasteiger partial charge in [0.1, 0.15) is 17.4 Å². The number of nitro groups is 1. The van der Waals surface area contributed by atoms with Crippen LogP contribution in [-0.4, -0.2) is 10.8 Å². The topological polar surface area (TPSA) is 109 Å². The summed E-state index contributed by atoms with van der Waals surface area (Å²) < 4.78 is 5.97. The maximum absolute atomic E-state index is 12.6. The quantitative estimate of drug-likeness (QED) is 0.225. The highest BCUT2D eigenvalue weighted by Crippen LogP contribution is 2.41. The molecule has 1 aromatic heterocycles. The van der Waals surface area contributed by atoms with Gasteiger partial charge in [-0.2, -0.15) is 5.26 Å². The molecule has 0 aliphatic carbocycles. The Balaban J connectivity index is 1.69. The summed E-state index contributed by atoms with van der Waals surface area (Å²) in [4.78, 5) is 23.0. The number of benzene rings is 3. The summed E-state index contributed by atoms with van der Waals surface area (Å²) in [5.41, 5.74) is 2.76. The van der Waals surface area contributed by atoms with Crippen molar-refractivity contribution in [3.05, 3.63) is 112 Å². The molecule has 160 valence electrons. The van der Waals surface area contributed by atoms with Crippen molar-refractivity contribution >= 4 is 23.6 Å². The van der Waals surface area contributed by atoms with Gasteiger partial charge < -0.3 is 4.42 Å². The third-order valence-corrected chi connectivity index (χ3v) is 4.86. The van der Waals surface area contributed by atoms with E-state index in [1.54, 1.807) is 6.07 Å². The summed E-state index contributed by atoms with van der Waals surface area (Å²) in [6.07, 6.45) is 2.68. The second-order valence-corrected chi connectivity index (χ2v) is 7.03. The molecule has 3 aromatic carbocycles. The van der Waals surface area contributed by atoms with Crippen LogP contribution in [0.1, 0.15) is 11.1 Å². The maximum atomic E-state index is 12.6. The van der Waals surface area contributed by atoms with Gasteiger partial charge in [0.05, 0.1) is 4.92 Å². The van der Waals surface area contributed by atoms with Crippen LogP contribution < -0.4 is 5.32 Å². The van der Waals surface area contributed by atoms with E-state index in [4.69, 9.17) is 4.42 Å². The van der Waals surface area contributed by atoms with Crippen molar-refractivity contribution in [1.29, 1.82) is 5.26 Å². The van der Waals surface area contributed by atoms with Crippen LogP contribution in [-0.2, 0) is 4.79 Å². The van der Waals surface area contributed by atoms with Gasteiger partial charge in [-0.15, -0.1) is 0 Å². The van der Waals surface area contributed by atoms with Crippen molar-refractivity contribution in [2.24, 2.45) is 0 Å². The number of nitro benzene ring substituents is 1. The van der Waals surface area contributed by atoms with E-state index in [2.05, 4.69) is 11.4 Å². The number of nitrogens with one attached hydrogen (secondary N) is 1. The zero-order chi connectivity index (χ0) is 23.2. The molecule has 0 radical (unpaired) electrons. The molecule has 0 saturated heterocycles. The van der Waals surface area contributed by atoms with Crippen LogP contribution in [0.25, 0.3) is 28.5 Å². The summed E-state index contributed by atoms with van der Waals surface area (Å²) in [6.45, 7) is 0. The Morgan fingerprint density at radius 2 is 1.64 bits per heavy atom. The number of rotatable bonds is 6. The molecular weight excluding hydrogens is 418 g/mol. The van der Waals surface area contributed by atoms with E-state index >= 15 is 0 Å². The molecule has 0 fully saturated rings. The van der Waals surface area contributed by atoms with E-state index in [1.807, 2.05) is 60.7 Å². The standard InChI is InChI=1S/C26H17N3O4/c27-17-22-24(19-9-3-1-4-10-19)25(20-11-5-2-6-12-20)33-26(22)28-23(30)15-14-18-8-7-13-21(16-18)29(31)32/h1-16H,(H,28,30)/b15-14+. The third-order valence-electron chi connectivity index (χ3n) is 4.86. The number of carbonyl (C=O) groups is 1. The average molecular weight is 435 g/mol. The number of nitriles is 1. The fourth-order valence-corrected chi connectivity index (χ4v) is 3.37. The zero-order valence-electron chi connectivity index (χ0n) is 17.3. The molecule has 33 heavy (non-hydrogen) atoms. The van der Waals surface area contributed by atoms with Gasteiger partial charge in [0.2, 0.25) is 5.88 Å². The van der Waals surface area contributed by atoms with Crippen LogP contribution in [0.2, 0.25) is 0 Å². The highest BCUT2D eigenvalue weighted by Gasteiger charge is 2.23. The Labute approximate surface area is 189 Å². The molecule has 4 rings (SSSR count). The Morgan fingerprint density at radius 1 is 0.970 bits per heavy atom. The van der Waals surface area contributed by atoms with Crippen LogP contribution in [0.15, 0.2) is 95.4 Å². The molecule has 0 bridgehead atoms. The second-order valence-electron chi connectivity index (χ2n) is 7.03. The van der Waals surface area contributed by atoms with Gasteiger partial charge in [0.15, 0.2) is 0 Å². The Hall–Kier alpha value is -4.96. The summed E-state index contributed by atoms with van der Waals surface area (Å²) >= 11 is 0. The lowest BCUT2D eigenvalue weighted by molar-refractivity contribution is -0.384. The van der Waals surface area contributed by atoms with Crippen molar-refractivity contribution in [3.63, 3.8) is 0 Å². The first-order chi connectivity index (χ1) is 16.1. The molecule has 0 unspecified atom stereocenters. The first kappa shape index (κ1) is 21.3. The molecule has 1 heterocycles. The smallest absolute Gasteiger partial charge is 0.270 e. The van der Waals surface area contributed by atoms with E-state index in [-0.39, 0.29) is 17.1 Å². The predicted octanol–water partition coefficient (Wildman–Crippen LogP) is 6.05. The number of nitrogens with zero attached hydrogens (tertiary/aromatic N) is 2. The summed E-state index contributed by atoms with van der Waals surface area (Å²) in [6, 6.07) is 26.7. The number of furan rings is 1. The molecular formula is C26H17N3O4. The Kier molecular flexibility index (Phi) is 6.10. The average Bonchev–Trinajstić information content (AvgIpc) is 3.22. The van der Waals surface area contributed by atoms with Crippen molar-refractivity contribution in [1.82, 2.24) is 0 Å². The van der Waals surface area contributed by atoms with Crippen molar-refractivity contribution in [2.45, 2.75) is 0 Å². The molecule has 7 nitrogen and oxygen atoms in total. The number of anilines is 1. The van der Waals surface area contributed by atoms with E-state index in [1.165, 1.54) is 30.4 Å². The fraction of sp³-hybridized carbons (Fsp3) is 0. The van der Waals surface area contributed by atoms with Crippen molar-refractivity contribution in [2.75, 3.05) is 5.32 Å². The van der Waals surface area contributed by atoms with Gasteiger partial charge in [0, 0.05) is 29.3 Å². The summed E-state index contributed by atoms with van der Waals surface area (Å²) in [5, 5.41) is 23.4. The Morgan fingerprint density at radius 3 is 2.27 bits per heavy atom. The van der Waals surface area contributed by atoms with Crippen LogP contribution in [0.3, 0.4) is 0 Å². The van der Waals surface area contributed by atoms with E-state index in [0.717, 1.165) is 11.1 Å². The van der Waals surface area contributed by atoms with Gasteiger partial charge in [-0.25, -0.2) is 0 Å². The highest BCUT2D eigenvalue weighted by atomic mass is 16.6. The lowest BCUT2D eigenvalue weighted by atomic mass is 9.98. The molecule has 7 heteroatoms. The minimum absolute atomic E-state index is 0.0314. The SMILES string of the molecule is N#Cc1c(NC(=O)/C=C/c2cccc([N+](=O)[O-])c2)oc(-c2ccccc2)c1-c1ccccc1. The van der Waals surface area contributed by atoms with Crippen LogP contribution in [0, 0.1) is 21.4 Å². The van der Waals surface area contributed by atoms with Crippen LogP contribution >= 0.6 is 0 Å². The van der Waals surface area contributed by atoms with E-state index < -0.39 is 10.8 Å². The van der Waals surface area contributed by atoms with Gasteiger partial charge in [-0.05, 0) is 17.2 Å². The molecule has 0 aliphatic heterocycles. The molecule has 4 aromatic rings. The molecule has 1 amide bonds. The normalized spacial score (nSPS) is 10.6. The summed E-state index contributed by atoms with van der Waals surface area (Å²) in [7, 11) is 0. The molecule has 0 spiro atoms. The lowest BCUT2D eigenvalue weighted by Gasteiger charge is -2.03. The molecule has 0 aliphatic rings. The number of amides is 1. The largest absolute Gasteiger partial charge is 0.438 e. The number of non-ortho nitro benzene ring substituents is 1. The first-order valence-corrected chi connectivity index (χ1v) is 9.98. The lowest BCUT2D eigenvalue weighted by Crippen LogP contribution is -2.08. The minimum atomic E-state index is -0.536. The van der Waals surface area contributed by atoms with Gasteiger partial charge in [-0.1, -0.05) is 72.8 Å². The molecule has 0 saturated carbocycles. The minimum Gasteiger partial charge on any atom is -0.438 e. The third kappa shape index (κ3) is 4.70. The number of carbonyl (C=O) groups excluding carboxylic acids is 1. The number of hydrogen-bond acceptors (Lipinski definition) is 5. The summed E-state index contributed by atoms with van der Waals surface area (Å²) in [5.74, 6) is -0.0359. The van der Waals surface area contributed by atoms with E-state index in [9.17, 15) is 20.2 Å². The van der Waals surface area contributed by atoms with Gasteiger partial charge in [-0.3, -0.25) is 20.2 Å². The molecule has 0 atom stereocenters. The number of hydrogen-bond donors (Lipinski definition) is 1. The monoisotopic (exact) mass is 435 g/mol. The first-order valence-electron chi connectivity index (χ1n) is 9.98. The van der Waals surface area contributed by atoms with Gasteiger partial charge >= 0.3 is 0 Å². The van der Waals surface area contributed by atoms with Gasteiger partial charge in [0.25, 0.3) is 11.6 Å². The zero-order valence-corrected chi connectivity index (χ0v) is 17.3. The van der Waals surface area contributed by atoms with E-state index in [0.29, 0.717) is 16.9 Å². The Bertz CT molecular complexity index is 1380.